The molecule has 4 nitrogen and oxygen atoms in total. The molecule has 0 bridgehead atoms. The van der Waals surface area contributed by atoms with Crippen molar-refractivity contribution in [3.63, 3.8) is 0 Å². The zero-order valence-corrected chi connectivity index (χ0v) is 8.49. The summed E-state index contributed by atoms with van der Waals surface area (Å²) in [7, 11) is 0. The molecule has 1 aromatic heterocycles. The second kappa shape index (κ2) is 3.05. The molecule has 14 heavy (non-hydrogen) atoms. The van der Waals surface area contributed by atoms with Gasteiger partial charge in [-0.15, -0.1) is 0 Å². The molecule has 2 unspecified atom stereocenters. The Bertz CT molecular complexity index is 347. The average Bonchev–Trinajstić information content (AvgIpc) is 2.61. The third-order valence-corrected chi connectivity index (χ3v) is 3.47. The molecule has 1 aliphatic heterocycles. The number of aromatic amines is 1. The van der Waals surface area contributed by atoms with Crippen LogP contribution in [0.5, 0.6) is 0 Å². The summed E-state index contributed by atoms with van der Waals surface area (Å²) in [4.78, 5) is 0. The van der Waals surface area contributed by atoms with Crippen LogP contribution in [0.4, 0.5) is 0 Å². The van der Waals surface area contributed by atoms with Crippen LogP contribution in [0.15, 0.2) is 0 Å². The molecule has 1 saturated carbocycles. The lowest BCUT2D eigenvalue weighted by atomic mass is 9.91. The Kier molecular flexibility index (Phi) is 1.83. The average molecular weight is 194 g/mol. The molecule has 0 saturated heterocycles. The highest BCUT2D eigenvalue weighted by molar-refractivity contribution is 5.01. The van der Waals surface area contributed by atoms with Gasteiger partial charge in [-0.1, -0.05) is 11.6 Å². The molecule has 2 heterocycles. The van der Waals surface area contributed by atoms with Crippen LogP contribution < -0.4 is 4.68 Å². The number of hydrogen-bond acceptors (Lipinski definition) is 2. The van der Waals surface area contributed by atoms with Crippen LogP contribution in [0.3, 0.4) is 0 Å². The summed E-state index contributed by atoms with van der Waals surface area (Å²) in [6, 6.07) is 0.508. The Balaban J connectivity index is 1.99. The minimum atomic E-state index is 0.418. The quantitative estimate of drug-likeness (QED) is 0.626. The molecular weight excluding hydrogens is 178 g/mol. The van der Waals surface area contributed by atoms with Crippen LogP contribution >= 0.6 is 0 Å². The maximum absolute atomic E-state index is 5.87. The molecule has 0 aromatic carbocycles. The number of aryl methyl sites for hydroxylation is 1. The fraction of sp³-hybridized carbons (Fsp3) is 0.800. The summed E-state index contributed by atoms with van der Waals surface area (Å²) in [6.45, 7) is 2.76. The zero-order valence-electron chi connectivity index (χ0n) is 8.49. The van der Waals surface area contributed by atoms with E-state index < -0.39 is 0 Å². The van der Waals surface area contributed by atoms with E-state index in [0.717, 1.165) is 12.3 Å². The number of nitrogens with one attached hydrogen (secondary N) is 1. The maximum atomic E-state index is 5.87. The Morgan fingerprint density at radius 1 is 1.43 bits per heavy atom. The van der Waals surface area contributed by atoms with Gasteiger partial charge in [0.1, 0.15) is 18.8 Å². The Hall–Kier alpha value is -0.900. The Morgan fingerprint density at radius 3 is 3.21 bits per heavy atom. The standard InChI is InChI=1S/C10H15N3O/c1-7-9-6-14-10-5-3-2-4-8(10)13(9)12-11-7/h8,10H,2-6H2,1H3/p+1. The topological polar surface area (TPSA) is 41.8 Å². The molecule has 0 amide bonds. The molecule has 2 atom stereocenters. The molecule has 1 aromatic rings. The molecule has 3 rings (SSSR count). The molecular formula is C10H16N3O+. The van der Waals surface area contributed by atoms with E-state index in [1.54, 1.807) is 0 Å². The lowest BCUT2D eigenvalue weighted by molar-refractivity contribution is -0.801. The van der Waals surface area contributed by atoms with E-state index in [1.165, 1.54) is 31.4 Å². The molecule has 1 fully saturated rings. The summed E-state index contributed by atoms with van der Waals surface area (Å²) in [5.74, 6) is 0. The van der Waals surface area contributed by atoms with Crippen molar-refractivity contribution < 1.29 is 9.42 Å². The van der Waals surface area contributed by atoms with Crippen molar-refractivity contribution in [1.82, 2.24) is 10.3 Å². The third-order valence-electron chi connectivity index (χ3n) is 3.47. The number of hydrogen-bond donors (Lipinski definition) is 1. The molecule has 4 heteroatoms. The molecule has 0 radical (unpaired) electrons. The SMILES string of the molecule is Cc1n[nH][n+]2c1COC1CCCCC12. The number of rotatable bonds is 0. The van der Waals surface area contributed by atoms with Crippen molar-refractivity contribution in [3.05, 3.63) is 11.4 Å². The van der Waals surface area contributed by atoms with E-state index in [4.69, 9.17) is 4.74 Å². The van der Waals surface area contributed by atoms with Gasteiger partial charge in [0.15, 0.2) is 5.69 Å². The van der Waals surface area contributed by atoms with Gasteiger partial charge in [-0.3, -0.25) is 0 Å². The van der Waals surface area contributed by atoms with Gasteiger partial charge in [-0.05, 0) is 19.3 Å². The minimum absolute atomic E-state index is 0.418. The van der Waals surface area contributed by atoms with Crippen molar-refractivity contribution in [3.8, 4) is 0 Å². The van der Waals surface area contributed by atoms with Crippen LogP contribution in [0.2, 0.25) is 0 Å². The summed E-state index contributed by atoms with van der Waals surface area (Å²) >= 11 is 0. The summed E-state index contributed by atoms with van der Waals surface area (Å²) in [5.41, 5.74) is 2.31. The first-order valence-corrected chi connectivity index (χ1v) is 5.43. The predicted octanol–water partition coefficient (Wildman–Crippen LogP) is 1.02. The van der Waals surface area contributed by atoms with Gasteiger partial charge in [0, 0.05) is 12.0 Å². The van der Waals surface area contributed by atoms with Crippen LogP contribution in [-0.4, -0.2) is 16.4 Å². The van der Waals surface area contributed by atoms with Crippen molar-refractivity contribution in [1.29, 1.82) is 0 Å². The van der Waals surface area contributed by atoms with E-state index in [9.17, 15) is 0 Å². The summed E-state index contributed by atoms with van der Waals surface area (Å²) in [5, 5.41) is 7.36. The molecule has 1 aliphatic carbocycles. The highest BCUT2D eigenvalue weighted by atomic mass is 16.5. The molecule has 1 N–H and O–H groups in total. The number of ether oxygens (including phenoxy) is 1. The van der Waals surface area contributed by atoms with E-state index in [0.29, 0.717) is 12.1 Å². The Labute approximate surface area is 83.2 Å². The number of fused-ring (bicyclic) bond motifs is 3. The van der Waals surface area contributed by atoms with Gasteiger partial charge >= 0.3 is 0 Å². The van der Waals surface area contributed by atoms with E-state index in [-0.39, 0.29) is 0 Å². The van der Waals surface area contributed by atoms with Crippen LogP contribution in [-0.2, 0) is 11.3 Å². The van der Waals surface area contributed by atoms with Crippen molar-refractivity contribution in [2.45, 2.75) is 51.4 Å². The second-order valence-corrected chi connectivity index (χ2v) is 4.32. The third kappa shape index (κ3) is 1.10. The van der Waals surface area contributed by atoms with E-state index in [2.05, 4.69) is 15.0 Å². The minimum Gasteiger partial charge on any atom is -0.365 e. The second-order valence-electron chi connectivity index (χ2n) is 4.32. The highest BCUT2D eigenvalue weighted by Gasteiger charge is 2.38. The van der Waals surface area contributed by atoms with Gasteiger partial charge in [-0.25, -0.2) is 0 Å². The Morgan fingerprint density at radius 2 is 2.29 bits per heavy atom. The number of nitrogens with zero attached hydrogens (tertiary/aromatic N) is 2. The smallest absolute Gasteiger partial charge is 0.221 e. The van der Waals surface area contributed by atoms with Gasteiger partial charge in [-0.2, -0.15) is 4.68 Å². The van der Waals surface area contributed by atoms with Gasteiger partial charge in [0.25, 0.3) is 0 Å². The fourth-order valence-electron chi connectivity index (χ4n) is 2.63. The van der Waals surface area contributed by atoms with E-state index in [1.807, 2.05) is 6.92 Å². The largest absolute Gasteiger partial charge is 0.365 e. The van der Waals surface area contributed by atoms with Crippen molar-refractivity contribution >= 4 is 0 Å². The number of aromatic nitrogens is 3. The first-order chi connectivity index (χ1) is 6.86. The van der Waals surface area contributed by atoms with Crippen molar-refractivity contribution in [2.24, 2.45) is 0 Å². The van der Waals surface area contributed by atoms with Crippen LogP contribution in [0, 0.1) is 6.92 Å². The molecule has 0 spiro atoms. The van der Waals surface area contributed by atoms with Gasteiger partial charge < -0.3 is 4.74 Å². The highest BCUT2D eigenvalue weighted by Crippen LogP contribution is 2.30. The predicted molar refractivity (Wildman–Crippen MR) is 49.6 cm³/mol. The lowest BCUT2D eigenvalue weighted by Gasteiger charge is -2.32. The summed E-state index contributed by atoms with van der Waals surface area (Å²) < 4.78 is 8.09. The van der Waals surface area contributed by atoms with Crippen LogP contribution in [0.1, 0.15) is 43.1 Å². The first-order valence-electron chi connectivity index (χ1n) is 5.43. The van der Waals surface area contributed by atoms with Gasteiger partial charge in [0.05, 0.1) is 0 Å². The van der Waals surface area contributed by atoms with Gasteiger partial charge in [0.2, 0.25) is 5.69 Å². The first kappa shape index (κ1) is 8.41. The van der Waals surface area contributed by atoms with E-state index >= 15 is 0 Å². The normalized spacial score (nSPS) is 30.9. The lowest BCUT2D eigenvalue weighted by Crippen LogP contribution is -2.55. The van der Waals surface area contributed by atoms with Crippen LogP contribution in [0.25, 0.3) is 0 Å². The zero-order chi connectivity index (χ0) is 9.54. The monoisotopic (exact) mass is 194 g/mol. The molecule has 76 valence electrons. The maximum Gasteiger partial charge on any atom is 0.221 e. The molecule has 2 aliphatic rings. The van der Waals surface area contributed by atoms with Crippen molar-refractivity contribution in [2.75, 3.05) is 0 Å². The summed E-state index contributed by atoms with van der Waals surface area (Å²) in [6.07, 6.45) is 5.47. The number of H-pyrrole nitrogens is 1. The fourth-order valence-corrected chi connectivity index (χ4v) is 2.63.